The van der Waals surface area contributed by atoms with Gasteiger partial charge in [-0.3, -0.25) is 4.90 Å². The molecule has 0 unspecified atom stereocenters. The summed E-state index contributed by atoms with van der Waals surface area (Å²) in [7, 11) is 0. The first-order chi connectivity index (χ1) is 14.5. The number of piperazine rings is 1. The summed E-state index contributed by atoms with van der Waals surface area (Å²) in [5, 5.41) is 12.5. The second-order valence-corrected chi connectivity index (χ2v) is 8.27. The van der Waals surface area contributed by atoms with Crippen LogP contribution < -0.4 is 4.90 Å². The summed E-state index contributed by atoms with van der Waals surface area (Å²) in [6.45, 7) is 12.1. The van der Waals surface area contributed by atoms with Crippen molar-refractivity contribution >= 4 is 5.69 Å². The molecule has 3 aromatic rings. The lowest BCUT2D eigenvalue weighted by Gasteiger charge is -2.40. The zero-order valence-corrected chi connectivity index (χ0v) is 18.1. The Morgan fingerprint density at radius 3 is 2.30 bits per heavy atom. The molecule has 1 saturated heterocycles. The van der Waals surface area contributed by atoms with Crippen LogP contribution >= 0.6 is 0 Å². The fourth-order valence-electron chi connectivity index (χ4n) is 4.22. The number of halogens is 1. The molecule has 2 heterocycles. The Morgan fingerprint density at radius 1 is 0.933 bits per heavy atom. The summed E-state index contributed by atoms with van der Waals surface area (Å²) in [6.07, 6.45) is 0. The van der Waals surface area contributed by atoms with Gasteiger partial charge in [-0.15, -0.1) is 5.10 Å². The second-order valence-electron chi connectivity index (χ2n) is 8.27. The van der Waals surface area contributed by atoms with Crippen molar-refractivity contribution in [2.24, 2.45) is 0 Å². The van der Waals surface area contributed by atoms with Gasteiger partial charge in [-0.05, 0) is 73.0 Å². The maximum atomic E-state index is 13.6. The largest absolute Gasteiger partial charge is 0.369 e. The van der Waals surface area contributed by atoms with Crippen LogP contribution in [0.3, 0.4) is 0 Å². The molecule has 0 spiro atoms. The van der Waals surface area contributed by atoms with Gasteiger partial charge in [0.2, 0.25) is 0 Å². The summed E-state index contributed by atoms with van der Waals surface area (Å²) < 4.78 is 15.5. The van der Waals surface area contributed by atoms with Crippen molar-refractivity contribution in [3.05, 3.63) is 70.8 Å². The lowest BCUT2D eigenvalue weighted by Crippen LogP contribution is -2.48. The third-order valence-electron chi connectivity index (χ3n) is 6.03. The Balaban J connectivity index is 1.62. The van der Waals surface area contributed by atoms with Gasteiger partial charge in [0.25, 0.3) is 0 Å². The Labute approximate surface area is 177 Å². The van der Waals surface area contributed by atoms with E-state index in [-0.39, 0.29) is 17.9 Å². The SMILES string of the molecule is Cc1cccc(N2CCN([C@@H](c3ccc(F)cc3)c3nnnn3C(C)C)CC2)c1C. The number of rotatable bonds is 5. The highest BCUT2D eigenvalue weighted by Gasteiger charge is 2.31. The molecule has 7 heteroatoms. The number of hydrogen-bond acceptors (Lipinski definition) is 5. The van der Waals surface area contributed by atoms with Crippen LogP contribution in [0.2, 0.25) is 0 Å². The monoisotopic (exact) mass is 408 g/mol. The quantitative estimate of drug-likeness (QED) is 0.640. The molecule has 158 valence electrons. The molecule has 0 aliphatic carbocycles. The van der Waals surface area contributed by atoms with Crippen LogP contribution in [-0.2, 0) is 0 Å². The Hall–Kier alpha value is -2.80. The fraction of sp³-hybridized carbons (Fsp3) is 0.435. The van der Waals surface area contributed by atoms with Gasteiger partial charge < -0.3 is 4.90 Å². The molecule has 0 amide bonds. The van der Waals surface area contributed by atoms with E-state index in [1.807, 2.05) is 16.8 Å². The Bertz CT molecular complexity index is 989. The summed E-state index contributed by atoms with van der Waals surface area (Å²) in [6, 6.07) is 13.2. The van der Waals surface area contributed by atoms with Crippen LogP contribution in [-0.4, -0.2) is 51.3 Å². The zero-order valence-electron chi connectivity index (χ0n) is 18.1. The first-order valence-electron chi connectivity index (χ1n) is 10.5. The molecule has 1 aliphatic heterocycles. The molecule has 30 heavy (non-hydrogen) atoms. The second kappa shape index (κ2) is 8.52. The third-order valence-corrected chi connectivity index (χ3v) is 6.03. The van der Waals surface area contributed by atoms with E-state index in [0.717, 1.165) is 37.6 Å². The molecule has 0 saturated carbocycles. The van der Waals surface area contributed by atoms with Gasteiger partial charge >= 0.3 is 0 Å². The molecule has 6 nitrogen and oxygen atoms in total. The Kier molecular flexibility index (Phi) is 5.81. The number of tetrazole rings is 1. The van der Waals surface area contributed by atoms with E-state index in [9.17, 15) is 4.39 Å². The average Bonchev–Trinajstić information content (AvgIpc) is 3.22. The Morgan fingerprint density at radius 2 is 1.63 bits per heavy atom. The van der Waals surface area contributed by atoms with E-state index < -0.39 is 0 Å². The van der Waals surface area contributed by atoms with Crippen molar-refractivity contribution in [3.63, 3.8) is 0 Å². The summed E-state index contributed by atoms with van der Waals surface area (Å²) >= 11 is 0. The zero-order chi connectivity index (χ0) is 21.3. The van der Waals surface area contributed by atoms with Crippen molar-refractivity contribution < 1.29 is 4.39 Å². The van der Waals surface area contributed by atoms with E-state index in [4.69, 9.17) is 0 Å². The van der Waals surface area contributed by atoms with Gasteiger partial charge in [-0.2, -0.15) is 0 Å². The number of nitrogens with zero attached hydrogens (tertiary/aromatic N) is 6. The van der Waals surface area contributed by atoms with E-state index >= 15 is 0 Å². The van der Waals surface area contributed by atoms with Gasteiger partial charge in [0.1, 0.15) is 5.82 Å². The minimum absolute atomic E-state index is 0.108. The van der Waals surface area contributed by atoms with Gasteiger partial charge in [0, 0.05) is 31.9 Å². The predicted molar refractivity (Wildman–Crippen MR) is 116 cm³/mol. The first-order valence-corrected chi connectivity index (χ1v) is 10.5. The van der Waals surface area contributed by atoms with E-state index in [1.165, 1.54) is 28.9 Å². The van der Waals surface area contributed by atoms with Crippen LogP contribution in [0.25, 0.3) is 0 Å². The highest BCUT2D eigenvalue weighted by atomic mass is 19.1. The van der Waals surface area contributed by atoms with Gasteiger partial charge in [0.05, 0.1) is 12.1 Å². The van der Waals surface area contributed by atoms with Crippen LogP contribution in [0.15, 0.2) is 42.5 Å². The normalized spacial score (nSPS) is 16.3. The van der Waals surface area contributed by atoms with Crippen molar-refractivity contribution in [2.45, 2.75) is 39.8 Å². The van der Waals surface area contributed by atoms with Crippen LogP contribution in [0.5, 0.6) is 0 Å². The molecule has 1 aromatic heterocycles. The summed E-state index contributed by atoms with van der Waals surface area (Å²) in [5.41, 5.74) is 4.97. The van der Waals surface area contributed by atoms with Crippen LogP contribution in [0.1, 0.15) is 48.4 Å². The van der Waals surface area contributed by atoms with Crippen molar-refractivity contribution in [1.82, 2.24) is 25.1 Å². The van der Waals surface area contributed by atoms with Crippen LogP contribution in [0, 0.1) is 19.7 Å². The summed E-state index contributed by atoms with van der Waals surface area (Å²) in [5.74, 6) is 0.567. The van der Waals surface area contributed by atoms with Crippen molar-refractivity contribution in [3.8, 4) is 0 Å². The molecule has 1 aliphatic rings. The third kappa shape index (κ3) is 3.94. The topological polar surface area (TPSA) is 50.1 Å². The lowest BCUT2D eigenvalue weighted by atomic mass is 10.0. The van der Waals surface area contributed by atoms with E-state index in [2.05, 4.69) is 71.2 Å². The number of hydrogen-bond donors (Lipinski definition) is 0. The molecular weight excluding hydrogens is 379 g/mol. The number of aryl methyl sites for hydroxylation is 1. The molecule has 0 bridgehead atoms. The van der Waals surface area contributed by atoms with Crippen LogP contribution in [0.4, 0.5) is 10.1 Å². The maximum Gasteiger partial charge on any atom is 0.173 e. The smallest absolute Gasteiger partial charge is 0.173 e. The number of benzene rings is 2. The van der Waals surface area contributed by atoms with Gasteiger partial charge in [-0.1, -0.05) is 24.3 Å². The molecule has 4 rings (SSSR count). The molecule has 2 aromatic carbocycles. The van der Waals surface area contributed by atoms with Crippen molar-refractivity contribution in [1.29, 1.82) is 0 Å². The number of aromatic nitrogens is 4. The highest BCUT2D eigenvalue weighted by molar-refractivity contribution is 5.56. The highest BCUT2D eigenvalue weighted by Crippen LogP contribution is 2.31. The fourth-order valence-corrected chi connectivity index (χ4v) is 4.22. The van der Waals surface area contributed by atoms with Gasteiger partial charge in [-0.25, -0.2) is 9.07 Å². The molecular formula is C23H29FN6. The summed E-state index contributed by atoms with van der Waals surface area (Å²) in [4.78, 5) is 4.85. The minimum atomic E-state index is -0.235. The molecule has 1 atom stereocenters. The molecule has 1 fully saturated rings. The first kappa shape index (κ1) is 20.5. The predicted octanol–water partition coefficient (Wildman–Crippen LogP) is 3.92. The molecule has 0 N–H and O–H groups in total. The molecule has 0 radical (unpaired) electrons. The van der Waals surface area contributed by atoms with Gasteiger partial charge in [0.15, 0.2) is 5.82 Å². The van der Waals surface area contributed by atoms with E-state index in [0.29, 0.717) is 0 Å². The number of anilines is 1. The minimum Gasteiger partial charge on any atom is -0.369 e. The van der Waals surface area contributed by atoms with E-state index in [1.54, 1.807) is 0 Å². The maximum absolute atomic E-state index is 13.6. The van der Waals surface area contributed by atoms with Crippen molar-refractivity contribution in [2.75, 3.05) is 31.1 Å². The average molecular weight is 409 g/mol. The standard InChI is InChI=1S/C23H29FN6/c1-16(2)30-23(25-26-27-30)22(19-8-10-20(24)11-9-19)29-14-12-28(13-15-29)21-7-5-6-17(3)18(21)4/h5-11,16,22H,12-15H2,1-4H3/t22-/m0/s1. The lowest BCUT2D eigenvalue weighted by molar-refractivity contribution is 0.199.